The minimum Gasteiger partial charge on any atom is -0.485 e. The molecule has 0 aliphatic rings. The topological polar surface area (TPSA) is 26.5 Å². The zero-order valence-electron chi connectivity index (χ0n) is 16.2. The predicted octanol–water partition coefficient (Wildman–Crippen LogP) is 6.04. The van der Waals surface area contributed by atoms with Crippen LogP contribution in [0.3, 0.4) is 0 Å². The number of pyridine rings is 1. The highest BCUT2D eigenvalue weighted by molar-refractivity contribution is 7.16. The summed E-state index contributed by atoms with van der Waals surface area (Å²) in [6.45, 7) is 0.515. The predicted molar refractivity (Wildman–Crippen MR) is 122 cm³/mol. The molecule has 30 heavy (non-hydrogen) atoms. The Morgan fingerprint density at radius 2 is 1.63 bits per heavy atom. The van der Waals surface area contributed by atoms with Crippen LogP contribution < -0.4 is 4.74 Å². The van der Waals surface area contributed by atoms with Crippen LogP contribution in [0, 0.1) is 11.8 Å². The second-order valence-corrected chi connectivity index (χ2v) is 7.87. The molecule has 3 aromatic heterocycles. The summed E-state index contributed by atoms with van der Waals surface area (Å²) in [4.78, 5) is 6.93. The largest absolute Gasteiger partial charge is 0.485 e. The van der Waals surface area contributed by atoms with E-state index in [1.165, 1.54) is 0 Å². The van der Waals surface area contributed by atoms with Crippen LogP contribution >= 0.6 is 11.3 Å². The molecular formula is C26H18N2OS. The second kappa shape index (κ2) is 8.28. The standard InChI is InChI=1S/C26H18N2OS/c1-3-8-20(9-4-1)13-14-22-15-16-25(30-22)23-18-28-17-7-12-24(26(28)27-23)29-19-21-10-5-2-6-11-21/h1-12,15-18H,19H2. The monoisotopic (exact) mass is 406 g/mol. The van der Waals surface area contributed by atoms with Crippen molar-refractivity contribution in [3.8, 4) is 28.2 Å². The number of nitrogens with zero attached hydrogens (tertiary/aromatic N) is 2. The van der Waals surface area contributed by atoms with E-state index in [0.29, 0.717) is 6.61 Å². The van der Waals surface area contributed by atoms with Crippen molar-refractivity contribution in [2.75, 3.05) is 0 Å². The molecule has 0 aliphatic heterocycles. The van der Waals surface area contributed by atoms with Crippen LogP contribution in [0.1, 0.15) is 16.0 Å². The molecule has 0 saturated carbocycles. The lowest BCUT2D eigenvalue weighted by molar-refractivity contribution is 0.308. The van der Waals surface area contributed by atoms with Crippen LogP contribution in [0.5, 0.6) is 5.75 Å². The summed E-state index contributed by atoms with van der Waals surface area (Å²) in [6, 6.07) is 28.2. The summed E-state index contributed by atoms with van der Waals surface area (Å²) in [5.74, 6) is 7.22. The van der Waals surface area contributed by atoms with E-state index in [9.17, 15) is 0 Å². The molecule has 0 unspecified atom stereocenters. The van der Waals surface area contributed by atoms with E-state index in [1.807, 2.05) is 83.5 Å². The maximum absolute atomic E-state index is 6.05. The van der Waals surface area contributed by atoms with Crippen LogP contribution in [-0.4, -0.2) is 9.38 Å². The van der Waals surface area contributed by atoms with Gasteiger partial charge in [-0.3, -0.25) is 0 Å². The summed E-state index contributed by atoms with van der Waals surface area (Å²) in [5.41, 5.74) is 3.88. The summed E-state index contributed by atoms with van der Waals surface area (Å²) in [5, 5.41) is 0. The lowest BCUT2D eigenvalue weighted by atomic mass is 10.2. The SMILES string of the molecule is C(#Cc1ccc(-c2cn3cccc(OCc4ccccc4)c3n2)s1)c1ccccc1. The summed E-state index contributed by atoms with van der Waals surface area (Å²) >= 11 is 1.65. The highest BCUT2D eigenvalue weighted by atomic mass is 32.1. The third-order valence-electron chi connectivity index (χ3n) is 4.65. The maximum Gasteiger partial charge on any atom is 0.180 e. The fraction of sp³-hybridized carbons (Fsp3) is 0.0385. The first-order valence-corrected chi connectivity index (χ1v) is 10.5. The molecular weight excluding hydrogens is 388 g/mol. The third-order valence-corrected chi connectivity index (χ3v) is 5.67. The van der Waals surface area contributed by atoms with Gasteiger partial charge in [0.1, 0.15) is 6.61 Å². The fourth-order valence-electron chi connectivity index (χ4n) is 3.15. The second-order valence-electron chi connectivity index (χ2n) is 6.78. The molecule has 0 fully saturated rings. The van der Waals surface area contributed by atoms with Crippen LogP contribution in [0.2, 0.25) is 0 Å². The van der Waals surface area contributed by atoms with E-state index >= 15 is 0 Å². The Morgan fingerprint density at radius 3 is 2.47 bits per heavy atom. The lowest BCUT2D eigenvalue weighted by Crippen LogP contribution is -1.97. The number of imidazole rings is 1. The summed E-state index contributed by atoms with van der Waals surface area (Å²) in [6.07, 6.45) is 4.02. The van der Waals surface area contributed by atoms with Crippen molar-refractivity contribution in [1.29, 1.82) is 0 Å². The zero-order chi connectivity index (χ0) is 20.2. The highest BCUT2D eigenvalue weighted by Crippen LogP contribution is 2.29. The molecule has 144 valence electrons. The Labute approximate surface area is 179 Å². The first-order chi connectivity index (χ1) is 14.8. The van der Waals surface area contributed by atoms with Crippen molar-refractivity contribution in [2.45, 2.75) is 6.61 Å². The van der Waals surface area contributed by atoms with Crippen molar-refractivity contribution in [3.05, 3.63) is 113 Å². The number of hydrogen-bond acceptors (Lipinski definition) is 3. The number of thiophene rings is 1. The van der Waals surface area contributed by atoms with Crippen molar-refractivity contribution in [2.24, 2.45) is 0 Å². The molecule has 5 rings (SSSR count). The molecule has 4 heteroatoms. The van der Waals surface area contributed by atoms with E-state index in [1.54, 1.807) is 11.3 Å². The molecule has 0 spiro atoms. The maximum atomic E-state index is 6.05. The Morgan fingerprint density at radius 1 is 0.833 bits per heavy atom. The third kappa shape index (κ3) is 3.98. The molecule has 3 heterocycles. The quantitative estimate of drug-likeness (QED) is 0.340. The average Bonchev–Trinajstić information content (AvgIpc) is 3.45. The van der Waals surface area contributed by atoms with Crippen LogP contribution in [0.15, 0.2) is 97.3 Å². The summed E-state index contributed by atoms with van der Waals surface area (Å²) in [7, 11) is 0. The Kier molecular flexibility index (Phi) is 5.03. The number of aromatic nitrogens is 2. The molecule has 0 N–H and O–H groups in total. The molecule has 0 amide bonds. The van der Waals surface area contributed by atoms with Crippen LogP contribution in [-0.2, 0) is 6.61 Å². The van der Waals surface area contributed by atoms with E-state index in [0.717, 1.165) is 38.0 Å². The van der Waals surface area contributed by atoms with Gasteiger partial charge in [-0.25, -0.2) is 4.98 Å². The van der Waals surface area contributed by atoms with Gasteiger partial charge in [0, 0.05) is 18.0 Å². The van der Waals surface area contributed by atoms with Gasteiger partial charge in [-0.05, 0) is 42.0 Å². The molecule has 0 saturated heterocycles. The average molecular weight is 407 g/mol. The van der Waals surface area contributed by atoms with E-state index in [4.69, 9.17) is 9.72 Å². The van der Waals surface area contributed by atoms with Crippen molar-refractivity contribution >= 4 is 17.0 Å². The fourth-order valence-corrected chi connectivity index (χ4v) is 3.97. The van der Waals surface area contributed by atoms with Gasteiger partial charge in [-0.2, -0.15) is 0 Å². The Balaban J connectivity index is 1.39. The van der Waals surface area contributed by atoms with Crippen LogP contribution in [0.25, 0.3) is 16.2 Å². The van der Waals surface area contributed by atoms with Crippen molar-refractivity contribution in [1.82, 2.24) is 9.38 Å². The minimum absolute atomic E-state index is 0.515. The molecule has 3 nitrogen and oxygen atoms in total. The first-order valence-electron chi connectivity index (χ1n) is 9.67. The lowest BCUT2D eigenvalue weighted by Gasteiger charge is -2.07. The van der Waals surface area contributed by atoms with Crippen molar-refractivity contribution in [3.63, 3.8) is 0 Å². The van der Waals surface area contributed by atoms with E-state index in [-0.39, 0.29) is 0 Å². The molecule has 0 radical (unpaired) electrons. The molecule has 2 aromatic carbocycles. The molecule has 0 atom stereocenters. The zero-order valence-corrected chi connectivity index (χ0v) is 17.0. The van der Waals surface area contributed by atoms with Gasteiger partial charge in [0.15, 0.2) is 11.4 Å². The smallest absolute Gasteiger partial charge is 0.180 e. The number of hydrogen-bond donors (Lipinski definition) is 0. The number of ether oxygens (including phenoxy) is 1. The number of fused-ring (bicyclic) bond motifs is 1. The first kappa shape index (κ1) is 18.2. The van der Waals surface area contributed by atoms with Gasteiger partial charge < -0.3 is 9.14 Å². The molecule has 5 aromatic rings. The normalized spacial score (nSPS) is 10.5. The van der Waals surface area contributed by atoms with Crippen molar-refractivity contribution < 1.29 is 4.74 Å². The van der Waals surface area contributed by atoms with Gasteiger partial charge in [0.05, 0.1) is 15.4 Å². The molecule has 0 bridgehead atoms. The van der Waals surface area contributed by atoms with Gasteiger partial charge in [-0.15, -0.1) is 11.3 Å². The highest BCUT2D eigenvalue weighted by Gasteiger charge is 2.11. The van der Waals surface area contributed by atoms with Gasteiger partial charge in [0.2, 0.25) is 0 Å². The van der Waals surface area contributed by atoms with Gasteiger partial charge in [0.25, 0.3) is 0 Å². The minimum atomic E-state index is 0.515. The number of rotatable bonds is 4. The van der Waals surface area contributed by atoms with Gasteiger partial charge in [-0.1, -0.05) is 60.4 Å². The van der Waals surface area contributed by atoms with Gasteiger partial charge >= 0.3 is 0 Å². The molecule has 0 aliphatic carbocycles. The van der Waals surface area contributed by atoms with E-state index in [2.05, 4.69) is 30.0 Å². The number of benzene rings is 2. The van der Waals surface area contributed by atoms with Crippen LogP contribution in [0.4, 0.5) is 0 Å². The van der Waals surface area contributed by atoms with E-state index < -0.39 is 0 Å². The Bertz CT molecular complexity index is 1340. The Hall–Kier alpha value is -3.81. The summed E-state index contributed by atoms with van der Waals surface area (Å²) < 4.78 is 8.05.